The normalized spacial score (nSPS) is 11.8. The number of hydrogen-bond acceptors (Lipinski definition) is 4. The molecule has 0 radical (unpaired) electrons. The Hall–Kier alpha value is -2.90. The van der Waals surface area contributed by atoms with Gasteiger partial charge in [-0.25, -0.2) is 13.9 Å². The highest BCUT2D eigenvalue weighted by Gasteiger charge is 2.22. The fourth-order valence-corrected chi connectivity index (χ4v) is 3.38. The molecule has 0 saturated carbocycles. The smallest absolute Gasteiger partial charge is 0.267 e. The lowest BCUT2D eigenvalue weighted by Gasteiger charge is -2.21. The van der Waals surface area contributed by atoms with Crippen molar-refractivity contribution in [1.29, 1.82) is 0 Å². The lowest BCUT2D eigenvalue weighted by Crippen LogP contribution is -2.27. The van der Waals surface area contributed by atoms with E-state index >= 15 is 0 Å². The third-order valence-corrected chi connectivity index (χ3v) is 5.21. The molecule has 6 nitrogen and oxygen atoms in total. The molecule has 2 aromatic carbocycles. The van der Waals surface area contributed by atoms with Crippen LogP contribution in [0.25, 0.3) is 6.08 Å². The zero-order valence-corrected chi connectivity index (χ0v) is 14.3. The number of hydroxylamine groups is 1. The lowest BCUT2D eigenvalue weighted by atomic mass is 10.1. The molecule has 0 bridgehead atoms. The van der Waals surface area contributed by atoms with E-state index in [4.69, 9.17) is 5.21 Å². The number of anilines is 1. The van der Waals surface area contributed by atoms with E-state index in [1.807, 2.05) is 0 Å². The van der Waals surface area contributed by atoms with Crippen molar-refractivity contribution < 1.29 is 18.4 Å². The zero-order chi connectivity index (χ0) is 18.3. The number of sulfonamides is 1. The van der Waals surface area contributed by atoms with Crippen molar-refractivity contribution in [3.63, 3.8) is 0 Å². The first-order chi connectivity index (χ1) is 12.0. The van der Waals surface area contributed by atoms with Gasteiger partial charge in [-0.3, -0.25) is 14.3 Å². The van der Waals surface area contributed by atoms with Crippen LogP contribution in [0.15, 0.2) is 77.7 Å². The number of amides is 1. The number of para-hydroxylation sites is 1. The molecule has 0 fully saturated rings. The number of nitrogens with one attached hydrogen (secondary N) is 1. The molecule has 2 aromatic rings. The van der Waals surface area contributed by atoms with Crippen LogP contribution in [0.4, 0.5) is 5.69 Å². The minimum absolute atomic E-state index is 0.204. The monoisotopic (exact) mass is 358 g/mol. The number of benzene rings is 2. The van der Waals surface area contributed by atoms with Gasteiger partial charge in [0.25, 0.3) is 15.9 Å². The minimum Gasteiger partial charge on any atom is -0.288 e. The maximum absolute atomic E-state index is 12.8. The predicted octanol–water partition coefficient (Wildman–Crippen LogP) is 2.59. The van der Waals surface area contributed by atoms with Gasteiger partial charge in [-0.1, -0.05) is 54.6 Å². The Balaban J connectivity index is 2.32. The Labute approximate surface area is 146 Å². The molecular formula is C18H18N2O4S. The van der Waals surface area contributed by atoms with Gasteiger partial charge in [-0.2, -0.15) is 0 Å². The quantitative estimate of drug-likeness (QED) is 0.360. The van der Waals surface area contributed by atoms with Crippen molar-refractivity contribution >= 4 is 27.7 Å². The van der Waals surface area contributed by atoms with Gasteiger partial charge < -0.3 is 0 Å². The number of nitrogens with zero attached hydrogens (tertiary/aromatic N) is 1. The van der Waals surface area contributed by atoms with Crippen LogP contribution in [0.5, 0.6) is 0 Å². The second-order valence-corrected chi connectivity index (χ2v) is 7.01. The van der Waals surface area contributed by atoms with Gasteiger partial charge in [-0.15, -0.1) is 0 Å². The summed E-state index contributed by atoms with van der Waals surface area (Å²) < 4.78 is 26.7. The number of carbonyl (C=O) groups excluding carboxylic acids is 1. The van der Waals surface area contributed by atoms with E-state index in [1.165, 1.54) is 22.9 Å². The fraction of sp³-hybridized carbons (Fsp3) is 0.0556. The van der Waals surface area contributed by atoms with Gasteiger partial charge in [-0.05, 0) is 23.8 Å². The van der Waals surface area contributed by atoms with Crippen LogP contribution in [-0.2, 0) is 14.8 Å². The number of carbonyl (C=O) groups is 1. The second kappa shape index (κ2) is 8.27. The van der Waals surface area contributed by atoms with Crippen molar-refractivity contribution in [2.75, 3.05) is 11.4 Å². The Bertz CT molecular complexity index is 890. The summed E-state index contributed by atoms with van der Waals surface area (Å²) in [5, 5.41) is 8.42. The van der Waals surface area contributed by atoms with E-state index in [1.54, 1.807) is 66.7 Å². The highest BCUT2D eigenvalue weighted by Crippen LogP contribution is 2.26. The van der Waals surface area contributed by atoms with Crippen molar-refractivity contribution in [1.82, 2.24) is 5.48 Å². The van der Waals surface area contributed by atoms with E-state index in [0.29, 0.717) is 11.3 Å². The zero-order valence-electron chi connectivity index (χ0n) is 13.5. The summed E-state index contributed by atoms with van der Waals surface area (Å²) >= 11 is 0. The molecule has 2 N–H and O–H groups in total. The third kappa shape index (κ3) is 4.56. The first-order valence-corrected chi connectivity index (χ1v) is 8.82. The van der Waals surface area contributed by atoms with Gasteiger partial charge in [0.1, 0.15) is 0 Å². The first-order valence-electron chi connectivity index (χ1n) is 7.38. The molecule has 0 unspecified atom stereocenters. The van der Waals surface area contributed by atoms with E-state index in [-0.39, 0.29) is 4.90 Å². The maximum atomic E-state index is 12.8. The van der Waals surface area contributed by atoms with Gasteiger partial charge in [0, 0.05) is 13.1 Å². The molecule has 2 rings (SSSR count). The summed E-state index contributed by atoms with van der Waals surface area (Å²) in [4.78, 5) is 11.1. The lowest BCUT2D eigenvalue weighted by molar-refractivity contribution is -0.124. The van der Waals surface area contributed by atoms with Gasteiger partial charge in [0.2, 0.25) is 0 Å². The largest absolute Gasteiger partial charge is 0.288 e. The molecule has 0 atom stereocenters. The van der Waals surface area contributed by atoms with Crippen molar-refractivity contribution in [2.24, 2.45) is 0 Å². The van der Waals surface area contributed by atoms with Crippen LogP contribution < -0.4 is 9.79 Å². The molecule has 0 aliphatic carbocycles. The van der Waals surface area contributed by atoms with E-state index in [0.717, 1.165) is 6.08 Å². The van der Waals surface area contributed by atoms with Crippen LogP contribution in [0.2, 0.25) is 0 Å². The predicted molar refractivity (Wildman–Crippen MR) is 96.6 cm³/mol. The summed E-state index contributed by atoms with van der Waals surface area (Å²) in [6.45, 7) is 0. The summed E-state index contributed by atoms with van der Waals surface area (Å²) in [7, 11) is -2.19. The second-order valence-electron chi connectivity index (χ2n) is 5.04. The number of rotatable bonds is 6. The van der Waals surface area contributed by atoms with Crippen molar-refractivity contribution in [3.05, 3.63) is 78.4 Å². The molecule has 0 heterocycles. The van der Waals surface area contributed by atoms with Crippen LogP contribution in [0.3, 0.4) is 0 Å². The molecule has 0 aliphatic heterocycles. The summed E-state index contributed by atoms with van der Waals surface area (Å²) in [5.74, 6) is -0.651. The van der Waals surface area contributed by atoms with Crippen molar-refractivity contribution in [2.45, 2.75) is 4.90 Å². The van der Waals surface area contributed by atoms with E-state index < -0.39 is 15.9 Å². The topological polar surface area (TPSA) is 86.7 Å². The first kappa shape index (κ1) is 18.4. The number of hydrogen-bond donors (Lipinski definition) is 2. The van der Waals surface area contributed by atoms with Crippen LogP contribution in [0.1, 0.15) is 5.56 Å². The maximum Gasteiger partial charge on any atom is 0.267 e. The molecule has 130 valence electrons. The molecular weight excluding hydrogens is 340 g/mol. The molecule has 7 heteroatoms. The Morgan fingerprint density at radius 3 is 2.36 bits per heavy atom. The molecule has 1 amide bonds. The minimum atomic E-state index is -3.68. The van der Waals surface area contributed by atoms with Gasteiger partial charge in [0.15, 0.2) is 0 Å². The van der Waals surface area contributed by atoms with Crippen molar-refractivity contribution in [3.8, 4) is 0 Å². The van der Waals surface area contributed by atoms with Gasteiger partial charge >= 0.3 is 0 Å². The Kier molecular flexibility index (Phi) is 6.10. The fourth-order valence-electron chi connectivity index (χ4n) is 2.13. The summed E-state index contributed by atoms with van der Waals surface area (Å²) in [6, 6.07) is 15.2. The van der Waals surface area contributed by atoms with Gasteiger partial charge in [0.05, 0.1) is 10.6 Å². The van der Waals surface area contributed by atoms with E-state index in [9.17, 15) is 13.2 Å². The van der Waals surface area contributed by atoms with Crippen LogP contribution in [-0.4, -0.2) is 26.6 Å². The Morgan fingerprint density at radius 2 is 1.68 bits per heavy atom. The summed E-state index contributed by atoms with van der Waals surface area (Å²) in [6.07, 6.45) is 5.84. The van der Waals surface area contributed by atoms with Crippen LogP contribution >= 0.6 is 0 Å². The highest BCUT2D eigenvalue weighted by molar-refractivity contribution is 7.92. The van der Waals surface area contributed by atoms with E-state index in [2.05, 4.69) is 0 Å². The highest BCUT2D eigenvalue weighted by atomic mass is 32.2. The third-order valence-electron chi connectivity index (χ3n) is 3.42. The average molecular weight is 358 g/mol. The molecule has 0 saturated heterocycles. The Morgan fingerprint density at radius 1 is 1.04 bits per heavy atom. The standard InChI is InChI=1S/C18H18N2O4S/c1-20(25(23,24)16-11-3-2-4-12-16)17-13-7-5-9-15(17)10-6-8-14-18(21)19-22/h2-14,22H,1H3,(H,19,21). The van der Waals surface area contributed by atoms with Crippen LogP contribution in [0, 0.1) is 0 Å². The SMILES string of the molecule is CN(c1ccccc1C=CC=CC(=O)NO)S(=O)(=O)c1ccccc1. The average Bonchev–Trinajstić information content (AvgIpc) is 2.65. The molecule has 25 heavy (non-hydrogen) atoms. The molecule has 0 aliphatic rings. The number of allylic oxidation sites excluding steroid dienone is 2. The summed E-state index contributed by atoms with van der Waals surface area (Å²) in [5.41, 5.74) is 2.65. The molecule has 0 aromatic heterocycles. The molecule has 0 spiro atoms.